The van der Waals surface area contributed by atoms with Crippen molar-refractivity contribution in [2.24, 2.45) is 0 Å². The molecule has 0 saturated carbocycles. The predicted octanol–water partition coefficient (Wildman–Crippen LogP) is 2.76. The maximum atomic E-state index is 6.10. The lowest BCUT2D eigenvalue weighted by atomic mass is 10.0. The fourth-order valence-electron chi connectivity index (χ4n) is 3.51. The highest BCUT2D eigenvalue weighted by atomic mass is 16.5. The summed E-state index contributed by atoms with van der Waals surface area (Å²) in [7, 11) is 0. The van der Waals surface area contributed by atoms with Crippen LogP contribution in [0.5, 0.6) is 5.75 Å². The summed E-state index contributed by atoms with van der Waals surface area (Å²) in [5.41, 5.74) is 2.72. The smallest absolute Gasteiger partial charge is 0.123 e. The minimum atomic E-state index is 0.349. The normalized spacial score (nSPS) is 23.0. The first-order chi connectivity index (χ1) is 10.2. The van der Waals surface area contributed by atoms with Crippen LogP contribution in [0.25, 0.3) is 0 Å². The summed E-state index contributed by atoms with van der Waals surface area (Å²) >= 11 is 0. The molecule has 1 fully saturated rings. The number of rotatable bonds is 5. The zero-order chi connectivity index (χ0) is 14.7. The van der Waals surface area contributed by atoms with Crippen molar-refractivity contribution >= 4 is 0 Å². The lowest BCUT2D eigenvalue weighted by Crippen LogP contribution is -2.45. The van der Waals surface area contributed by atoms with Gasteiger partial charge in [-0.3, -0.25) is 4.90 Å². The molecule has 1 aromatic carbocycles. The van der Waals surface area contributed by atoms with Crippen LogP contribution in [0.3, 0.4) is 0 Å². The van der Waals surface area contributed by atoms with E-state index in [1.54, 1.807) is 0 Å². The molecular weight excluding hydrogens is 260 g/mol. The molecule has 0 aromatic heterocycles. The summed E-state index contributed by atoms with van der Waals surface area (Å²) in [6.07, 6.45) is 5.21. The van der Waals surface area contributed by atoms with E-state index in [4.69, 9.17) is 4.74 Å². The molecule has 116 valence electrons. The molecule has 3 rings (SSSR count). The Kier molecular flexibility index (Phi) is 4.81. The Morgan fingerprint density at radius 2 is 2.10 bits per heavy atom. The third kappa shape index (κ3) is 3.78. The zero-order valence-electron chi connectivity index (χ0n) is 13.4. The topological polar surface area (TPSA) is 24.5 Å². The number of fused-ring (bicyclic) bond motifs is 1. The van der Waals surface area contributed by atoms with Crippen LogP contribution in [0, 0.1) is 6.92 Å². The quantitative estimate of drug-likeness (QED) is 0.901. The van der Waals surface area contributed by atoms with Gasteiger partial charge in [-0.1, -0.05) is 24.6 Å². The second-order valence-electron chi connectivity index (χ2n) is 6.58. The van der Waals surface area contributed by atoms with Gasteiger partial charge in [0.1, 0.15) is 11.9 Å². The van der Waals surface area contributed by atoms with E-state index in [2.05, 4.69) is 42.3 Å². The third-order valence-electron chi connectivity index (χ3n) is 4.69. The van der Waals surface area contributed by atoms with Crippen LogP contribution in [0.4, 0.5) is 0 Å². The summed E-state index contributed by atoms with van der Waals surface area (Å²) in [5, 5.41) is 3.65. The van der Waals surface area contributed by atoms with E-state index < -0.39 is 0 Å². The van der Waals surface area contributed by atoms with Crippen molar-refractivity contribution in [3.8, 4) is 5.75 Å². The van der Waals surface area contributed by atoms with Gasteiger partial charge < -0.3 is 10.1 Å². The number of piperidine rings is 1. The van der Waals surface area contributed by atoms with Crippen LogP contribution in [0.1, 0.15) is 37.3 Å². The van der Waals surface area contributed by atoms with Crippen LogP contribution in [-0.4, -0.2) is 43.2 Å². The zero-order valence-corrected chi connectivity index (χ0v) is 13.4. The van der Waals surface area contributed by atoms with E-state index in [0.29, 0.717) is 6.10 Å². The van der Waals surface area contributed by atoms with Gasteiger partial charge >= 0.3 is 0 Å². The number of likely N-dealkylation sites (tertiary alicyclic amines) is 1. The highest BCUT2D eigenvalue weighted by Gasteiger charge is 2.27. The van der Waals surface area contributed by atoms with Gasteiger partial charge in [-0.15, -0.1) is 0 Å². The van der Waals surface area contributed by atoms with E-state index in [0.717, 1.165) is 31.3 Å². The Bertz CT molecular complexity index is 466. The molecular formula is C18H28N2O. The molecule has 3 heteroatoms. The highest BCUT2D eigenvalue weighted by Crippen LogP contribution is 2.30. The van der Waals surface area contributed by atoms with Gasteiger partial charge in [-0.2, -0.15) is 0 Å². The fourth-order valence-corrected chi connectivity index (χ4v) is 3.51. The second-order valence-corrected chi connectivity index (χ2v) is 6.58. The maximum Gasteiger partial charge on any atom is 0.123 e. The van der Waals surface area contributed by atoms with Crippen LogP contribution < -0.4 is 10.1 Å². The van der Waals surface area contributed by atoms with Crippen molar-refractivity contribution in [1.82, 2.24) is 10.2 Å². The lowest BCUT2D eigenvalue weighted by molar-refractivity contribution is 0.123. The van der Waals surface area contributed by atoms with Gasteiger partial charge in [0.25, 0.3) is 0 Å². The minimum absolute atomic E-state index is 0.349. The molecule has 3 nitrogen and oxygen atoms in total. The fraction of sp³-hybridized carbons (Fsp3) is 0.667. The standard InChI is InChI=1S/C18H28N2O/c1-3-8-19-16-6-9-20(10-7-16)13-17-12-15-11-14(2)4-5-18(15)21-17/h4-5,11,16-17,19H,3,6-10,12-13H2,1-2H3. The number of nitrogens with one attached hydrogen (secondary N) is 1. The Labute approximate surface area is 128 Å². The average molecular weight is 288 g/mol. The number of hydrogen-bond acceptors (Lipinski definition) is 3. The van der Waals surface area contributed by atoms with Gasteiger partial charge in [-0.25, -0.2) is 0 Å². The second kappa shape index (κ2) is 6.80. The van der Waals surface area contributed by atoms with E-state index >= 15 is 0 Å². The van der Waals surface area contributed by atoms with Crippen LogP contribution in [0.2, 0.25) is 0 Å². The van der Waals surface area contributed by atoms with Crippen LogP contribution in [-0.2, 0) is 6.42 Å². The molecule has 2 heterocycles. The molecule has 1 N–H and O–H groups in total. The van der Waals surface area contributed by atoms with Crippen LogP contribution in [0.15, 0.2) is 18.2 Å². The lowest BCUT2D eigenvalue weighted by Gasteiger charge is -2.33. The van der Waals surface area contributed by atoms with Crippen molar-refractivity contribution in [3.63, 3.8) is 0 Å². The molecule has 2 aliphatic rings. The molecule has 1 atom stereocenters. The maximum absolute atomic E-state index is 6.10. The molecule has 0 aliphatic carbocycles. The third-order valence-corrected chi connectivity index (χ3v) is 4.69. The van der Waals surface area contributed by atoms with Crippen molar-refractivity contribution in [1.29, 1.82) is 0 Å². The van der Waals surface area contributed by atoms with Gasteiger partial charge in [0.05, 0.1) is 0 Å². The summed E-state index contributed by atoms with van der Waals surface area (Å²) in [6, 6.07) is 7.28. The van der Waals surface area contributed by atoms with E-state index in [-0.39, 0.29) is 0 Å². The molecule has 1 unspecified atom stereocenters. The Hall–Kier alpha value is -1.06. The number of benzene rings is 1. The number of hydrogen-bond donors (Lipinski definition) is 1. The summed E-state index contributed by atoms with van der Waals surface area (Å²) in [6.45, 7) is 9.03. The van der Waals surface area contributed by atoms with E-state index in [1.807, 2.05) is 0 Å². The first-order valence-corrected chi connectivity index (χ1v) is 8.46. The average Bonchev–Trinajstić information content (AvgIpc) is 2.88. The number of nitrogens with zero attached hydrogens (tertiary/aromatic N) is 1. The first kappa shape index (κ1) is 14.9. The molecule has 2 aliphatic heterocycles. The first-order valence-electron chi connectivity index (χ1n) is 8.46. The summed E-state index contributed by atoms with van der Waals surface area (Å²) in [5.74, 6) is 1.10. The molecule has 1 saturated heterocycles. The van der Waals surface area contributed by atoms with Crippen molar-refractivity contribution in [2.45, 2.75) is 51.7 Å². The van der Waals surface area contributed by atoms with E-state index in [9.17, 15) is 0 Å². The molecule has 0 spiro atoms. The molecule has 0 radical (unpaired) electrons. The monoisotopic (exact) mass is 288 g/mol. The Morgan fingerprint density at radius 1 is 1.29 bits per heavy atom. The van der Waals surface area contributed by atoms with Crippen molar-refractivity contribution in [2.75, 3.05) is 26.2 Å². The van der Waals surface area contributed by atoms with Crippen molar-refractivity contribution in [3.05, 3.63) is 29.3 Å². The predicted molar refractivity (Wildman–Crippen MR) is 87.1 cm³/mol. The largest absolute Gasteiger partial charge is 0.488 e. The van der Waals surface area contributed by atoms with Gasteiger partial charge in [0, 0.05) is 19.0 Å². The van der Waals surface area contributed by atoms with Crippen molar-refractivity contribution < 1.29 is 4.74 Å². The minimum Gasteiger partial charge on any atom is -0.488 e. The number of aryl methyl sites for hydroxylation is 1. The van der Waals surface area contributed by atoms with Gasteiger partial charge in [0.15, 0.2) is 0 Å². The van der Waals surface area contributed by atoms with Crippen LogP contribution >= 0.6 is 0 Å². The molecule has 0 amide bonds. The van der Waals surface area contributed by atoms with Gasteiger partial charge in [-0.05, 0) is 57.5 Å². The summed E-state index contributed by atoms with van der Waals surface area (Å²) in [4.78, 5) is 2.58. The number of ether oxygens (including phenoxy) is 1. The highest BCUT2D eigenvalue weighted by molar-refractivity contribution is 5.40. The Morgan fingerprint density at radius 3 is 2.86 bits per heavy atom. The molecule has 1 aromatic rings. The van der Waals surface area contributed by atoms with E-state index in [1.165, 1.54) is 43.5 Å². The van der Waals surface area contributed by atoms with Gasteiger partial charge in [0.2, 0.25) is 0 Å². The molecule has 21 heavy (non-hydrogen) atoms. The molecule has 0 bridgehead atoms. The Balaban J connectivity index is 1.45. The summed E-state index contributed by atoms with van der Waals surface area (Å²) < 4.78 is 6.10. The SMILES string of the molecule is CCCNC1CCN(CC2Cc3cc(C)ccc3O2)CC1.